The summed E-state index contributed by atoms with van der Waals surface area (Å²) >= 11 is 5.90. The number of pyridine rings is 1. The van der Waals surface area contributed by atoms with Gasteiger partial charge in [-0.15, -0.1) is 0 Å². The predicted octanol–water partition coefficient (Wildman–Crippen LogP) is 6.92. The Bertz CT molecular complexity index is 1860. The first-order chi connectivity index (χ1) is 21.2. The first kappa shape index (κ1) is 30.8. The number of aromatic nitrogens is 1. The minimum Gasteiger partial charge on any atom is -0.488 e. The van der Waals surface area contributed by atoms with Crippen LogP contribution in [0.1, 0.15) is 23.2 Å². The van der Waals surface area contributed by atoms with E-state index in [0.29, 0.717) is 41.7 Å². The van der Waals surface area contributed by atoms with Gasteiger partial charge in [-0.05, 0) is 78.6 Å². The number of para-hydroxylation sites is 1. The molecule has 0 saturated carbocycles. The van der Waals surface area contributed by atoms with Gasteiger partial charge in [0, 0.05) is 16.5 Å². The van der Waals surface area contributed by atoms with E-state index in [4.69, 9.17) is 30.9 Å². The molecule has 5 aromatic rings. The number of rotatable bonds is 14. The van der Waals surface area contributed by atoms with E-state index in [1.165, 1.54) is 12.1 Å². The number of fused-ring (bicyclic) bond motifs is 1. The number of ether oxygens (including phenoxy) is 3. The lowest BCUT2D eigenvalue weighted by Gasteiger charge is -2.15. The standard InChI is InChI=1S/C34H30ClNO7S/c35-27-12-16-31(17-13-27)44(39,40)18-4-7-26-11-15-30(42-23-34(37)38)20-33(26)43-21-24-5-3-8-29(19-24)41-22-28-14-10-25-6-1-2-9-32(25)36-28/h1-3,5-6,8-17,19-20H,4,7,18,21-23H2,(H,37,38). The lowest BCUT2D eigenvalue weighted by molar-refractivity contribution is -0.139. The van der Waals surface area contributed by atoms with Crippen LogP contribution in [-0.4, -0.2) is 36.8 Å². The van der Waals surface area contributed by atoms with Crippen molar-refractivity contribution >= 4 is 38.3 Å². The van der Waals surface area contributed by atoms with Crippen molar-refractivity contribution in [3.8, 4) is 17.2 Å². The second kappa shape index (κ2) is 14.2. The monoisotopic (exact) mass is 631 g/mol. The zero-order chi connectivity index (χ0) is 30.9. The lowest BCUT2D eigenvalue weighted by Crippen LogP contribution is -2.10. The number of hydrogen-bond donors (Lipinski definition) is 1. The van der Waals surface area contributed by atoms with Crippen LogP contribution in [0.2, 0.25) is 5.02 Å². The molecule has 5 rings (SSSR count). The number of nitrogens with zero attached hydrogens (tertiary/aromatic N) is 1. The summed E-state index contributed by atoms with van der Waals surface area (Å²) < 4.78 is 43.1. The van der Waals surface area contributed by atoms with Crippen molar-refractivity contribution in [1.29, 1.82) is 0 Å². The van der Waals surface area contributed by atoms with Gasteiger partial charge in [0.05, 0.1) is 21.9 Å². The van der Waals surface area contributed by atoms with E-state index in [2.05, 4.69) is 4.98 Å². The summed E-state index contributed by atoms with van der Waals surface area (Å²) in [7, 11) is -3.49. The summed E-state index contributed by atoms with van der Waals surface area (Å²) in [4.78, 5) is 15.9. The molecule has 0 aliphatic heterocycles. The molecule has 1 aromatic heterocycles. The SMILES string of the molecule is O=C(O)COc1ccc(CCCS(=O)(=O)c2ccc(Cl)cc2)c(OCc2cccc(OCc3ccc4ccccc4n3)c2)c1. The zero-order valence-electron chi connectivity index (χ0n) is 23.7. The Hall–Kier alpha value is -4.60. The Morgan fingerprint density at radius 3 is 2.41 bits per heavy atom. The third-order valence-electron chi connectivity index (χ3n) is 6.77. The molecule has 0 saturated heterocycles. The maximum Gasteiger partial charge on any atom is 0.341 e. The molecule has 1 N–H and O–H groups in total. The fourth-order valence-corrected chi connectivity index (χ4v) is 5.99. The van der Waals surface area contributed by atoms with Gasteiger partial charge in [0.15, 0.2) is 16.4 Å². The minimum absolute atomic E-state index is 0.0587. The van der Waals surface area contributed by atoms with E-state index in [0.717, 1.165) is 27.7 Å². The first-order valence-electron chi connectivity index (χ1n) is 13.9. The number of carbonyl (C=O) groups is 1. The second-order valence-electron chi connectivity index (χ2n) is 10.0. The summed E-state index contributed by atoms with van der Waals surface area (Å²) in [6.07, 6.45) is 0.770. The number of aliphatic carboxylic acids is 1. The molecule has 0 bridgehead atoms. The molecule has 0 fully saturated rings. The van der Waals surface area contributed by atoms with Gasteiger partial charge in [-0.3, -0.25) is 0 Å². The molecule has 0 aliphatic rings. The topological polar surface area (TPSA) is 112 Å². The van der Waals surface area contributed by atoms with Crippen LogP contribution in [0.4, 0.5) is 0 Å². The number of sulfone groups is 1. The van der Waals surface area contributed by atoms with E-state index in [1.807, 2.05) is 60.7 Å². The van der Waals surface area contributed by atoms with Crippen LogP contribution in [0.25, 0.3) is 10.9 Å². The highest BCUT2D eigenvalue weighted by Gasteiger charge is 2.16. The number of benzene rings is 4. The average molecular weight is 632 g/mol. The van der Waals surface area contributed by atoms with E-state index in [-0.39, 0.29) is 17.3 Å². The average Bonchev–Trinajstić information content (AvgIpc) is 3.02. The Labute approximate surface area is 260 Å². The molecule has 1 heterocycles. The van der Waals surface area contributed by atoms with Gasteiger partial charge in [0.25, 0.3) is 0 Å². The summed E-state index contributed by atoms with van der Waals surface area (Å²) in [5, 5.41) is 10.5. The first-order valence-corrected chi connectivity index (χ1v) is 15.9. The van der Waals surface area contributed by atoms with Crippen molar-refractivity contribution in [3.05, 3.63) is 125 Å². The smallest absolute Gasteiger partial charge is 0.341 e. The second-order valence-corrected chi connectivity index (χ2v) is 12.6. The van der Waals surface area contributed by atoms with Crippen LogP contribution >= 0.6 is 11.6 Å². The molecule has 0 atom stereocenters. The molecule has 8 nitrogen and oxygen atoms in total. The van der Waals surface area contributed by atoms with Crippen molar-refractivity contribution in [2.45, 2.75) is 31.0 Å². The zero-order valence-corrected chi connectivity index (χ0v) is 25.3. The fraction of sp³-hybridized carbons (Fsp3) is 0.176. The highest BCUT2D eigenvalue weighted by molar-refractivity contribution is 7.91. The van der Waals surface area contributed by atoms with E-state index < -0.39 is 22.4 Å². The van der Waals surface area contributed by atoms with Gasteiger partial charge < -0.3 is 19.3 Å². The third kappa shape index (κ3) is 8.49. The van der Waals surface area contributed by atoms with Crippen LogP contribution in [0.5, 0.6) is 17.2 Å². The summed E-state index contributed by atoms with van der Waals surface area (Å²) in [6, 6.07) is 30.5. The summed E-state index contributed by atoms with van der Waals surface area (Å²) in [5.41, 5.74) is 3.34. The van der Waals surface area contributed by atoms with Crippen molar-refractivity contribution in [3.63, 3.8) is 0 Å². The van der Waals surface area contributed by atoms with Crippen LogP contribution in [-0.2, 0) is 34.3 Å². The fourth-order valence-electron chi connectivity index (χ4n) is 4.56. The van der Waals surface area contributed by atoms with E-state index in [1.54, 1.807) is 30.3 Å². The maximum absolute atomic E-state index is 12.8. The van der Waals surface area contributed by atoms with Crippen LogP contribution < -0.4 is 14.2 Å². The van der Waals surface area contributed by atoms with Crippen LogP contribution in [0.3, 0.4) is 0 Å². The summed E-state index contributed by atoms with van der Waals surface area (Å²) in [6.45, 7) is 0.00857. The maximum atomic E-state index is 12.8. The van der Waals surface area contributed by atoms with Gasteiger partial charge in [0.1, 0.15) is 30.5 Å². The van der Waals surface area contributed by atoms with Crippen molar-refractivity contribution < 1.29 is 32.5 Å². The lowest BCUT2D eigenvalue weighted by atomic mass is 10.1. The quantitative estimate of drug-likeness (QED) is 0.141. The van der Waals surface area contributed by atoms with Gasteiger partial charge in [-0.2, -0.15) is 0 Å². The van der Waals surface area contributed by atoms with Gasteiger partial charge in [-0.1, -0.05) is 54.1 Å². The van der Waals surface area contributed by atoms with Gasteiger partial charge >= 0.3 is 5.97 Å². The molecular formula is C34H30ClNO7S. The van der Waals surface area contributed by atoms with E-state index >= 15 is 0 Å². The van der Waals surface area contributed by atoms with Crippen molar-refractivity contribution in [2.24, 2.45) is 0 Å². The van der Waals surface area contributed by atoms with Gasteiger partial charge in [0.2, 0.25) is 0 Å². The number of carboxylic acid groups (broad SMARTS) is 1. The largest absolute Gasteiger partial charge is 0.488 e. The summed E-state index contributed by atoms with van der Waals surface area (Å²) in [5.74, 6) is 0.312. The van der Waals surface area contributed by atoms with Gasteiger partial charge in [-0.25, -0.2) is 18.2 Å². The Kier molecular flexibility index (Phi) is 9.99. The predicted molar refractivity (Wildman–Crippen MR) is 168 cm³/mol. The normalized spacial score (nSPS) is 11.3. The Balaban J connectivity index is 1.24. The molecular weight excluding hydrogens is 602 g/mol. The molecule has 0 radical (unpaired) electrons. The number of halogens is 1. The van der Waals surface area contributed by atoms with Crippen molar-refractivity contribution in [2.75, 3.05) is 12.4 Å². The molecule has 4 aromatic carbocycles. The number of carboxylic acids is 1. The highest BCUT2D eigenvalue weighted by atomic mass is 35.5. The molecule has 0 unspecified atom stereocenters. The number of aryl methyl sites for hydroxylation is 1. The Morgan fingerprint density at radius 2 is 1.59 bits per heavy atom. The highest BCUT2D eigenvalue weighted by Crippen LogP contribution is 2.28. The molecule has 0 amide bonds. The molecule has 0 spiro atoms. The molecule has 10 heteroatoms. The minimum atomic E-state index is -3.49. The van der Waals surface area contributed by atoms with Crippen molar-refractivity contribution in [1.82, 2.24) is 4.98 Å². The molecule has 0 aliphatic carbocycles. The van der Waals surface area contributed by atoms with Crippen LogP contribution in [0, 0.1) is 0 Å². The van der Waals surface area contributed by atoms with Crippen LogP contribution in [0.15, 0.2) is 108 Å². The molecule has 226 valence electrons. The van der Waals surface area contributed by atoms with E-state index in [9.17, 15) is 13.2 Å². The molecule has 44 heavy (non-hydrogen) atoms. The Morgan fingerprint density at radius 1 is 0.795 bits per heavy atom. The number of hydrogen-bond acceptors (Lipinski definition) is 7. The third-order valence-corrected chi connectivity index (χ3v) is 8.84.